The molecule has 1 heterocycles. The number of ether oxygens (including phenoxy) is 1. The number of nitrogens with zero attached hydrogens (tertiary/aromatic N) is 1. The summed E-state index contributed by atoms with van der Waals surface area (Å²) in [7, 11) is -3.51. The van der Waals surface area contributed by atoms with Crippen molar-refractivity contribution in [3.63, 3.8) is 0 Å². The molecule has 1 saturated carbocycles. The first-order valence-electron chi connectivity index (χ1n) is 15.3. The summed E-state index contributed by atoms with van der Waals surface area (Å²) in [5.74, 6) is 0. The van der Waals surface area contributed by atoms with Gasteiger partial charge in [0.15, 0.2) is 16.6 Å². The lowest BCUT2D eigenvalue weighted by Gasteiger charge is -2.45. The highest BCUT2D eigenvalue weighted by Crippen LogP contribution is 2.55. The zero-order valence-corrected chi connectivity index (χ0v) is 27.0. The van der Waals surface area contributed by atoms with Gasteiger partial charge in [-0.3, -0.25) is 4.90 Å². The molecule has 216 valence electrons. The summed E-state index contributed by atoms with van der Waals surface area (Å²) in [5.41, 5.74) is 1.41. The van der Waals surface area contributed by atoms with E-state index in [1.165, 1.54) is 37.4 Å². The summed E-state index contributed by atoms with van der Waals surface area (Å²) >= 11 is 0. The van der Waals surface area contributed by atoms with Gasteiger partial charge in [0.25, 0.3) is 0 Å². The molecule has 3 rings (SSSR count). The molecule has 1 amide bonds. The van der Waals surface area contributed by atoms with Crippen LogP contribution in [0, 0.1) is 5.41 Å². The molecule has 1 aliphatic carbocycles. The predicted octanol–water partition coefficient (Wildman–Crippen LogP) is 7.18. The summed E-state index contributed by atoms with van der Waals surface area (Å²) in [6.07, 6.45) is 3.79. The molecule has 2 atom stereocenters. The van der Waals surface area contributed by atoms with Crippen LogP contribution in [0.1, 0.15) is 66.4 Å². The van der Waals surface area contributed by atoms with E-state index in [4.69, 9.17) is 13.6 Å². The second-order valence-corrected chi connectivity index (χ2v) is 21.1. The Kier molecular flexibility index (Phi) is 11.9. The highest BCUT2D eigenvalue weighted by Gasteiger charge is 2.54. The van der Waals surface area contributed by atoms with Gasteiger partial charge in [0.1, 0.15) is 6.61 Å². The lowest BCUT2D eigenvalue weighted by atomic mass is 9.90. The summed E-state index contributed by atoms with van der Waals surface area (Å²) in [5, 5.41) is 3.03. The SMILES string of the molecule is CC[Si](CC)(CC)OC(CNC(=O)OCc1ccccc1)CN1CCC2(CC2)C(O[Si](CC)(CC)CC)C1. The van der Waals surface area contributed by atoms with Gasteiger partial charge in [0, 0.05) is 19.6 Å². The van der Waals surface area contributed by atoms with E-state index in [1.807, 2.05) is 30.3 Å². The zero-order chi connectivity index (χ0) is 27.7. The molecule has 1 N–H and O–H groups in total. The van der Waals surface area contributed by atoms with Crippen LogP contribution in [0.5, 0.6) is 0 Å². The van der Waals surface area contributed by atoms with Crippen molar-refractivity contribution in [2.45, 2.75) is 116 Å². The van der Waals surface area contributed by atoms with Gasteiger partial charge >= 0.3 is 6.09 Å². The fourth-order valence-corrected chi connectivity index (χ4v) is 12.0. The quantitative estimate of drug-likeness (QED) is 0.216. The molecule has 1 spiro atoms. The predicted molar refractivity (Wildman–Crippen MR) is 161 cm³/mol. The zero-order valence-electron chi connectivity index (χ0n) is 25.0. The fourth-order valence-electron chi connectivity index (χ4n) is 6.18. The first-order chi connectivity index (χ1) is 18.3. The molecule has 6 nitrogen and oxygen atoms in total. The van der Waals surface area contributed by atoms with E-state index in [0.717, 1.165) is 43.3 Å². The number of benzene rings is 1. The summed E-state index contributed by atoms with van der Waals surface area (Å²) in [6.45, 7) is 17.5. The third kappa shape index (κ3) is 8.16. The first kappa shape index (κ1) is 31.3. The molecule has 1 aliphatic heterocycles. The monoisotopic (exact) mass is 562 g/mol. The smallest absolute Gasteiger partial charge is 0.407 e. The molecular weight excluding hydrogens is 509 g/mol. The summed E-state index contributed by atoms with van der Waals surface area (Å²) in [6, 6.07) is 16.7. The van der Waals surface area contributed by atoms with Crippen molar-refractivity contribution < 1.29 is 18.4 Å². The molecule has 2 unspecified atom stereocenters. The second-order valence-electron chi connectivity index (χ2n) is 11.6. The molecule has 8 heteroatoms. The molecule has 2 aliphatic rings. The van der Waals surface area contributed by atoms with Crippen LogP contribution in [0.3, 0.4) is 0 Å². The number of hydrogen-bond acceptors (Lipinski definition) is 5. The Morgan fingerprint density at radius 3 is 2.11 bits per heavy atom. The van der Waals surface area contributed by atoms with Crippen LogP contribution in [-0.4, -0.2) is 66.0 Å². The molecule has 0 radical (unpaired) electrons. The van der Waals surface area contributed by atoms with Crippen LogP contribution < -0.4 is 5.32 Å². The number of hydrogen-bond donors (Lipinski definition) is 1. The Bertz CT molecular complexity index is 827. The summed E-state index contributed by atoms with van der Waals surface area (Å²) in [4.78, 5) is 15.1. The molecule has 0 aromatic heterocycles. The van der Waals surface area contributed by atoms with E-state index in [1.54, 1.807) is 0 Å². The average molecular weight is 563 g/mol. The topological polar surface area (TPSA) is 60.0 Å². The van der Waals surface area contributed by atoms with Gasteiger partial charge in [-0.05, 0) is 73.1 Å². The fraction of sp³-hybridized carbons (Fsp3) is 0.767. The number of rotatable bonds is 16. The van der Waals surface area contributed by atoms with Crippen molar-refractivity contribution >= 4 is 22.7 Å². The Balaban J connectivity index is 1.65. The maximum absolute atomic E-state index is 12.6. The Hall–Kier alpha value is -1.20. The minimum Gasteiger partial charge on any atom is -0.445 e. The minimum absolute atomic E-state index is 0.0368. The maximum Gasteiger partial charge on any atom is 0.407 e. The van der Waals surface area contributed by atoms with E-state index < -0.39 is 16.6 Å². The standard InChI is InChI=1S/C30H54N2O4Si2/c1-7-37(8-2,9-3)35-27(22-31-29(33)34-25-26-16-14-13-15-17-26)23-32-21-20-30(18-19-30)28(24-32)36-38(10-4,11-5)12-6/h13-17,27-28H,7-12,18-25H2,1-6H3,(H,31,33). The Morgan fingerprint density at radius 2 is 1.55 bits per heavy atom. The van der Waals surface area contributed by atoms with E-state index in [9.17, 15) is 4.79 Å². The number of carbonyl (C=O) groups is 1. The van der Waals surface area contributed by atoms with Crippen molar-refractivity contribution in [3.05, 3.63) is 35.9 Å². The lowest BCUT2D eigenvalue weighted by Crippen LogP contribution is -2.55. The molecular formula is C30H54N2O4Si2. The average Bonchev–Trinajstić information content (AvgIpc) is 3.75. The molecule has 1 saturated heterocycles. The van der Waals surface area contributed by atoms with Crippen LogP contribution in [0.25, 0.3) is 0 Å². The van der Waals surface area contributed by atoms with E-state index in [-0.39, 0.29) is 18.8 Å². The van der Waals surface area contributed by atoms with Crippen molar-refractivity contribution in [3.8, 4) is 0 Å². The third-order valence-electron chi connectivity index (χ3n) is 9.75. The minimum atomic E-state index is -1.84. The molecule has 38 heavy (non-hydrogen) atoms. The van der Waals surface area contributed by atoms with Gasteiger partial charge in [0.2, 0.25) is 0 Å². The van der Waals surface area contributed by atoms with Gasteiger partial charge in [-0.25, -0.2) is 4.79 Å². The van der Waals surface area contributed by atoms with Crippen molar-refractivity contribution in [2.24, 2.45) is 5.41 Å². The number of nitrogens with one attached hydrogen (secondary N) is 1. The molecule has 2 fully saturated rings. The number of carbonyl (C=O) groups excluding carboxylic acids is 1. The second kappa shape index (κ2) is 14.4. The highest BCUT2D eigenvalue weighted by molar-refractivity contribution is 6.74. The normalized spacial score (nSPS) is 20.3. The Morgan fingerprint density at radius 1 is 0.947 bits per heavy atom. The summed E-state index contributed by atoms with van der Waals surface area (Å²) < 4.78 is 19.6. The highest BCUT2D eigenvalue weighted by atomic mass is 28.4. The molecule has 1 aromatic rings. The van der Waals surface area contributed by atoms with Crippen molar-refractivity contribution in [2.75, 3.05) is 26.2 Å². The van der Waals surface area contributed by atoms with Crippen LogP contribution in [0.15, 0.2) is 30.3 Å². The van der Waals surface area contributed by atoms with Gasteiger partial charge in [-0.1, -0.05) is 71.9 Å². The van der Waals surface area contributed by atoms with E-state index >= 15 is 0 Å². The molecule has 1 aromatic carbocycles. The van der Waals surface area contributed by atoms with Crippen molar-refractivity contribution in [1.29, 1.82) is 0 Å². The van der Waals surface area contributed by atoms with Crippen LogP contribution in [0.4, 0.5) is 4.79 Å². The number of likely N-dealkylation sites (tertiary alicyclic amines) is 1. The van der Waals surface area contributed by atoms with Gasteiger partial charge in [-0.15, -0.1) is 0 Å². The van der Waals surface area contributed by atoms with Crippen LogP contribution in [-0.2, 0) is 20.2 Å². The van der Waals surface area contributed by atoms with Crippen LogP contribution in [0.2, 0.25) is 36.3 Å². The third-order valence-corrected chi connectivity index (χ3v) is 19.1. The number of piperidine rings is 1. The molecule has 0 bridgehead atoms. The lowest BCUT2D eigenvalue weighted by molar-refractivity contribution is 0.00242. The number of amides is 1. The van der Waals surface area contributed by atoms with E-state index in [0.29, 0.717) is 18.1 Å². The van der Waals surface area contributed by atoms with Crippen molar-refractivity contribution in [1.82, 2.24) is 10.2 Å². The van der Waals surface area contributed by atoms with Gasteiger partial charge in [0.05, 0.1) is 12.2 Å². The van der Waals surface area contributed by atoms with Crippen LogP contribution >= 0.6 is 0 Å². The van der Waals surface area contributed by atoms with Gasteiger partial charge < -0.3 is 18.9 Å². The largest absolute Gasteiger partial charge is 0.445 e. The Labute approximate surface area is 234 Å². The van der Waals surface area contributed by atoms with E-state index in [2.05, 4.69) is 51.8 Å². The first-order valence-corrected chi connectivity index (χ1v) is 20.4. The van der Waals surface area contributed by atoms with Gasteiger partial charge in [-0.2, -0.15) is 0 Å². The number of alkyl carbamates (subject to hydrolysis) is 1. The maximum atomic E-state index is 12.6.